The molecule has 22 heavy (non-hydrogen) atoms. The molecule has 1 amide bonds. The van der Waals surface area contributed by atoms with Crippen LogP contribution in [0.15, 0.2) is 51.8 Å². The predicted octanol–water partition coefficient (Wildman–Crippen LogP) is 3.11. The molecule has 5 nitrogen and oxygen atoms in total. The van der Waals surface area contributed by atoms with E-state index in [0.717, 1.165) is 26.0 Å². The standard InChI is InChI=1S/C15H12Br2N4O/c16-10-1-3-12(18-6-10)7-20-15(22)5-13-8-19-14-4-2-11(17)9-21(13)14/h1-4,6,8-9H,5,7H2,(H,20,22). The van der Waals surface area contributed by atoms with E-state index in [1.807, 2.05) is 34.9 Å². The number of hydrogen-bond acceptors (Lipinski definition) is 3. The average Bonchev–Trinajstić information content (AvgIpc) is 2.89. The fourth-order valence-corrected chi connectivity index (χ4v) is 2.63. The van der Waals surface area contributed by atoms with Gasteiger partial charge in [-0.2, -0.15) is 0 Å². The summed E-state index contributed by atoms with van der Waals surface area (Å²) in [6.45, 7) is 0.409. The minimum Gasteiger partial charge on any atom is -0.350 e. The van der Waals surface area contributed by atoms with Gasteiger partial charge in [-0.25, -0.2) is 4.98 Å². The molecule has 1 N–H and O–H groups in total. The molecule has 3 aromatic rings. The molecule has 0 unspecified atom stereocenters. The molecule has 112 valence electrons. The molecule has 0 aliphatic heterocycles. The Bertz CT molecular complexity index is 814. The second-order valence-corrected chi connectivity index (χ2v) is 6.58. The lowest BCUT2D eigenvalue weighted by Crippen LogP contribution is -2.25. The van der Waals surface area contributed by atoms with Crippen molar-refractivity contribution >= 4 is 43.4 Å². The minimum absolute atomic E-state index is 0.0634. The highest BCUT2D eigenvalue weighted by Crippen LogP contribution is 2.14. The molecule has 0 saturated carbocycles. The van der Waals surface area contributed by atoms with Crippen molar-refractivity contribution in [2.24, 2.45) is 0 Å². The van der Waals surface area contributed by atoms with Crippen LogP contribution in [0.3, 0.4) is 0 Å². The summed E-state index contributed by atoms with van der Waals surface area (Å²) in [5.41, 5.74) is 2.48. The first-order valence-electron chi connectivity index (χ1n) is 6.60. The van der Waals surface area contributed by atoms with Crippen molar-refractivity contribution in [3.8, 4) is 0 Å². The van der Waals surface area contributed by atoms with Crippen LogP contribution in [0.25, 0.3) is 5.65 Å². The number of halogens is 2. The highest BCUT2D eigenvalue weighted by Gasteiger charge is 2.09. The van der Waals surface area contributed by atoms with Gasteiger partial charge in [0.1, 0.15) is 5.65 Å². The molecule has 0 spiro atoms. The lowest BCUT2D eigenvalue weighted by Gasteiger charge is -2.05. The monoisotopic (exact) mass is 422 g/mol. The summed E-state index contributed by atoms with van der Waals surface area (Å²) in [7, 11) is 0. The summed E-state index contributed by atoms with van der Waals surface area (Å²) in [6, 6.07) is 7.59. The minimum atomic E-state index is -0.0634. The Balaban J connectivity index is 1.65. The summed E-state index contributed by atoms with van der Waals surface area (Å²) in [5, 5.41) is 2.87. The molecule has 0 saturated heterocycles. The molecule has 0 aliphatic carbocycles. The fraction of sp³-hybridized carbons (Fsp3) is 0.133. The first-order chi connectivity index (χ1) is 10.6. The zero-order valence-corrected chi connectivity index (χ0v) is 14.6. The Morgan fingerprint density at radius 1 is 1.09 bits per heavy atom. The number of carbonyl (C=O) groups is 1. The van der Waals surface area contributed by atoms with Crippen LogP contribution in [0.5, 0.6) is 0 Å². The van der Waals surface area contributed by atoms with E-state index < -0.39 is 0 Å². The Hall–Kier alpha value is -1.73. The van der Waals surface area contributed by atoms with Crippen LogP contribution in [0.1, 0.15) is 11.4 Å². The van der Waals surface area contributed by atoms with Gasteiger partial charge in [-0.1, -0.05) is 0 Å². The number of aromatic nitrogens is 3. The maximum atomic E-state index is 12.1. The van der Waals surface area contributed by atoms with Crippen molar-refractivity contribution in [3.05, 3.63) is 63.2 Å². The quantitative estimate of drug-likeness (QED) is 0.701. The van der Waals surface area contributed by atoms with Gasteiger partial charge in [0.05, 0.1) is 24.4 Å². The number of fused-ring (bicyclic) bond motifs is 1. The van der Waals surface area contributed by atoms with Gasteiger partial charge in [-0.15, -0.1) is 0 Å². The van der Waals surface area contributed by atoms with Gasteiger partial charge in [-0.05, 0) is 56.1 Å². The smallest absolute Gasteiger partial charge is 0.226 e. The van der Waals surface area contributed by atoms with Gasteiger partial charge in [0.15, 0.2) is 0 Å². The van der Waals surface area contributed by atoms with Crippen molar-refractivity contribution in [2.45, 2.75) is 13.0 Å². The largest absolute Gasteiger partial charge is 0.350 e. The van der Waals surface area contributed by atoms with E-state index in [9.17, 15) is 4.79 Å². The topological polar surface area (TPSA) is 59.3 Å². The van der Waals surface area contributed by atoms with Crippen molar-refractivity contribution in [1.29, 1.82) is 0 Å². The van der Waals surface area contributed by atoms with Gasteiger partial charge in [0.25, 0.3) is 0 Å². The number of carbonyl (C=O) groups excluding carboxylic acids is 1. The third kappa shape index (κ3) is 3.53. The molecule has 0 aromatic carbocycles. The lowest BCUT2D eigenvalue weighted by molar-refractivity contribution is -0.120. The number of hydrogen-bond donors (Lipinski definition) is 1. The summed E-state index contributed by atoms with van der Waals surface area (Å²) in [5.74, 6) is -0.0634. The molecule has 3 rings (SSSR count). The molecule has 0 bridgehead atoms. The van der Waals surface area contributed by atoms with Crippen LogP contribution in [-0.2, 0) is 17.8 Å². The van der Waals surface area contributed by atoms with E-state index in [4.69, 9.17) is 0 Å². The van der Waals surface area contributed by atoms with Crippen LogP contribution >= 0.6 is 31.9 Å². The molecular weight excluding hydrogens is 412 g/mol. The third-order valence-electron chi connectivity index (χ3n) is 3.14. The Labute approximate surface area is 144 Å². The Morgan fingerprint density at radius 2 is 1.91 bits per heavy atom. The van der Waals surface area contributed by atoms with Crippen molar-refractivity contribution < 1.29 is 4.79 Å². The predicted molar refractivity (Wildman–Crippen MR) is 90.4 cm³/mol. The fourth-order valence-electron chi connectivity index (χ4n) is 2.06. The second kappa shape index (κ2) is 6.58. The highest BCUT2D eigenvalue weighted by atomic mass is 79.9. The maximum absolute atomic E-state index is 12.1. The molecule has 3 aromatic heterocycles. The first-order valence-corrected chi connectivity index (χ1v) is 8.19. The van der Waals surface area contributed by atoms with Crippen LogP contribution in [-0.4, -0.2) is 20.3 Å². The summed E-state index contributed by atoms with van der Waals surface area (Å²) >= 11 is 6.75. The maximum Gasteiger partial charge on any atom is 0.226 e. The lowest BCUT2D eigenvalue weighted by atomic mass is 10.3. The van der Waals surface area contributed by atoms with Crippen molar-refractivity contribution in [3.63, 3.8) is 0 Å². The zero-order valence-electron chi connectivity index (χ0n) is 11.5. The number of imidazole rings is 1. The zero-order chi connectivity index (χ0) is 15.5. The van der Waals surface area contributed by atoms with Gasteiger partial charge in [-0.3, -0.25) is 9.78 Å². The molecule has 0 atom stereocenters. The third-order valence-corrected chi connectivity index (χ3v) is 4.08. The van der Waals surface area contributed by atoms with E-state index >= 15 is 0 Å². The number of rotatable bonds is 4. The SMILES string of the molecule is O=C(Cc1cnc2ccc(Br)cn12)NCc1ccc(Br)cn1. The summed E-state index contributed by atoms with van der Waals surface area (Å²) < 4.78 is 3.76. The average molecular weight is 424 g/mol. The van der Waals surface area contributed by atoms with E-state index in [1.165, 1.54) is 0 Å². The van der Waals surface area contributed by atoms with Gasteiger partial charge in [0, 0.05) is 27.5 Å². The van der Waals surface area contributed by atoms with Crippen LogP contribution in [0.4, 0.5) is 0 Å². The van der Waals surface area contributed by atoms with Crippen molar-refractivity contribution in [2.75, 3.05) is 0 Å². The van der Waals surface area contributed by atoms with Crippen LogP contribution in [0.2, 0.25) is 0 Å². The number of pyridine rings is 2. The van der Waals surface area contributed by atoms with Gasteiger partial charge in [0.2, 0.25) is 5.91 Å². The van der Waals surface area contributed by atoms with Gasteiger partial charge >= 0.3 is 0 Å². The Kier molecular flexibility index (Phi) is 4.54. The number of nitrogens with zero attached hydrogens (tertiary/aromatic N) is 3. The summed E-state index contributed by atoms with van der Waals surface area (Å²) in [6.07, 6.45) is 5.61. The van der Waals surface area contributed by atoms with Gasteiger partial charge < -0.3 is 9.72 Å². The molecule has 0 fully saturated rings. The summed E-state index contributed by atoms with van der Waals surface area (Å²) in [4.78, 5) is 20.6. The molecule has 7 heteroatoms. The van der Waals surface area contributed by atoms with E-state index in [2.05, 4.69) is 47.1 Å². The van der Waals surface area contributed by atoms with E-state index in [1.54, 1.807) is 12.4 Å². The van der Waals surface area contributed by atoms with Crippen molar-refractivity contribution in [1.82, 2.24) is 19.7 Å². The van der Waals surface area contributed by atoms with Crippen LogP contribution < -0.4 is 5.32 Å². The number of amides is 1. The Morgan fingerprint density at radius 3 is 2.68 bits per heavy atom. The molecule has 3 heterocycles. The van der Waals surface area contributed by atoms with Crippen LogP contribution in [0, 0.1) is 0 Å². The molecular formula is C15H12Br2N4O. The highest BCUT2D eigenvalue weighted by molar-refractivity contribution is 9.10. The molecule has 0 radical (unpaired) electrons. The molecule has 0 aliphatic rings. The normalized spacial score (nSPS) is 10.8. The van der Waals surface area contributed by atoms with E-state index in [-0.39, 0.29) is 12.3 Å². The first kappa shape index (κ1) is 15.2. The second-order valence-electron chi connectivity index (χ2n) is 4.75. The number of nitrogens with one attached hydrogen (secondary N) is 1. The van der Waals surface area contributed by atoms with E-state index in [0.29, 0.717) is 6.54 Å².